The Balaban J connectivity index is 2.41. The molecular formula is C12H11NO2. The zero-order valence-electron chi connectivity index (χ0n) is 8.41. The Morgan fingerprint density at radius 1 is 1.27 bits per heavy atom. The normalized spacial score (nSPS) is 15.1. The second-order valence-corrected chi connectivity index (χ2v) is 3.43. The summed E-state index contributed by atoms with van der Waals surface area (Å²) >= 11 is 0. The van der Waals surface area contributed by atoms with E-state index in [1.54, 1.807) is 0 Å². The van der Waals surface area contributed by atoms with Gasteiger partial charge in [-0.25, -0.2) is 0 Å². The molecule has 1 N–H and O–H groups in total. The molecule has 15 heavy (non-hydrogen) atoms. The van der Waals surface area contributed by atoms with Crippen molar-refractivity contribution >= 4 is 17.4 Å². The number of hydrogen-bond acceptors (Lipinski definition) is 2. The second-order valence-electron chi connectivity index (χ2n) is 3.43. The van der Waals surface area contributed by atoms with Gasteiger partial charge in [-0.1, -0.05) is 31.2 Å². The molecule has 1 aromatic carbocycles. The molecule has 0 aliphatic carbocycles. The Morgan fingerprint density at radius 2 is 2.07 bits per heavy atom. The van der Waals surface area contributed by atoms with Gasteiger partial charge in [0, 0.05) is 6.08 Å². The van der Waals surface area contributed by atoms with E-state index in [-0.39, 0.29) is 11.8 Å². The molecule has 0 saturated heterocycles. The zero-order valence-corrected chi connectivity index (χ0v) is 8.41. The van der Waals surface area contributed by atoms with E-state index in [9.17, 15) is 9.59 Å². The topological polar surface area (TPSA) is 46.2 Å². The molecule has 0 fully saturated rings. The molecule has 0 bridgehead atoms. The van der Waals surface area contributed by atoms with Crippen molar-refractivity contribution in [2.24, 2.45) is 0 Å². The molecule has 1 aliphatic heterocycles. The van der Waals surface area contributed by atoms with Crippen LogP contribution >= 0.6 is 0 Å². The molecule has 3 heteroatoms. The van der Waals surface area contributed by atoms with Crippen LogP contribution in [0, 0.1) is 0 Å². The van der Waals surface area contributed by atoms with Crippen LogP contribution in [-0.4, -0.2) is 11.8 Å². The average Bonchev–Trinajstić information content (AvgIpc) is 2.58. The number of aryl methyl sites for hydroxylation is 1. The summed E-state index contributed by atoms with van der Waals surface area (Å²) in [4.78, 5) is 22.4. The fourth-order valence-electron chi connectivity index (χ4n) is 1.59. The quantitative estimate of drug-likeness (QED) is 0.733. The van der Waals surface area contributed by atoms with E-state index in [0.717, 1.165) is 17.5 Å². The van der Waals surface area contributed by atoms with Crippen LogP contribution in [0.15, 0.2) is 30.3 Å². The number of benzene rings is 1. The van der Waals surface area contributed by atoms with Gasteiger partial charge in [0.05, 0.1) is 5.57 Å². The number of nitrogens with one attached hydrogen (secondary N) is 1. The minimum Gasteiger partial charge on any atom is -0.289 e. The first-order chi connectivity index (χ1) is 7.20. The van der Waals surface area contributed by atoms with Gasteiger partial charge < -0.3 is 0 Å². The molecule has 3 nitrogen and oxygen atoms in total. The Hall–Kier alpha value is -1.90. The minimum absolute atomic E-state index is 0.312. The van der Waals surface area contributed by atoms with Gasteiger partial charge >= 0.3 is 0 Å². The molecule has 0 spiro atoms. The van der Waals surface area contributed by atoms with E-state index in [2.05, 4.69) is 5.32 Å². The Labute approximate surface area is 87.8 Å². The van der Waals surface area contributed by atoms with Crippen LogP contribution in [0.5, 0.6) is 0 Å². The summed E-state index contributed by atoms with van der Waals surface area (Å²) in [5.41, 5.74) is 2.41. The fraction of sp³-hybridized carbons (Fsp3) is 0.167. The van der Waals surface area contributed by atoms with Gasteiger partial charge in [0.1, 0.15) is 0 Å². The van der Waals surface area contributed by atoms with Gasteiger partial charge in [0.25, 0.3) is 11.8 Å². The molecule has 0 atom stereocenters. The van der Waals surface area contributed by atoms with E-state index in [1.165, 1.54) is 6.08 Å². The number of hydrogen-bond donors (Lipinski definition) is 1. The Kier molecular flexibility index (Phi) is 2.37. The minimum atomic E-state index is -0.336. The van der Waals surface area contributed by atoms with Crippen LogP contribution in [0.1, 0.15) is 18.1 Å². The highest BCUT2D eigenvalue weighted by atomic mass is 16.2. The van der Waals surface area contributed by atoms with Crippen LogP contribution < -0.4 is 5.32 Å². The largest absolute Gasteiger partial charge is 0.289 e. The number of amides is 2. The molecule has 1 heterocycles. The predicted molar refractivity (Wildman–Crippen MR) is 56.9 cm³/mol. The summed E-state index contributed by atoms with van der Waals surface area (Å²) in [7, 11) is 0. The summed E-state index contributed by atoms with van der Waals surface area (Å²) in [5.74, 6) is -0.648. The lowest BCUT2D eigenvalue weighted by Crippen LogP contribution is -2.21. The van der Waals surface area contributed by atoms with Crippen molar-refractivity contribution in [2.75, 3.05) is 0 Å². The summed E-state index contributed by atoms with van der Waals surface area (Å²) in [6, 6.07) is 7.66. The van der Waals surface area contributed by atoms with Gasteiger partial charge in [0.2, 0.25) is 0 Å². The maximum Gasteiger partial charge on any atom is 0.258 e. The molecule has 0 unspecified atom stereocenters. The van der Waals surface area contributed by atoms with Gasteiger partial charge in [0.15, 0.2) is 0 Å². The molecule has 1 aromatic rings. The number of rotatable bonds is 2. The van der Waals surface area contributed by atoms with Crippen LogP contribution in [0.25, 0.3) is 5.57 Å². The van der Waals surface area contributed by atoms with Crippen molar-refractivity contribution in [3.63, 3.8) is 0 Å². The third-order valence-electron chi connectivity index (χ3n) is 2.40. The van der Waals surface area contributed by atoms with Crippen molar-refractivity contribution in [1.29, 1.82) is 0 Å². The Bertz CT molecular complexity index is 460. The van der Waals surface area contributed by atoms with Crippen molar-refractivity contribution in [2.45, 2.75) is 13.3 Å². The molecule has 2 amide bonds. The predicted octanol–water partition coefficient (Wildman–Crippen LogP) is 1.29. The monoisotopic (exact) mass is 201 g/mol. The maximum absolute atomic E-state index is 11.4. The first-order valence-electron chi connectivity index (χ1n) is 4.87. The van der Waals surface area contributed by atoms with Crippen LogP contribution in [-0.2, 0) is 16.0 Å². The van der Waals surface area contributed by atoms with Crippen LogP contribution in [0.3, 0.4) is 0 Å². The lowest BCUT2D eigenvalue weighted by Gasteiger charge is -2.02. The third kappa shape index (κ3) is 1.81. The molecule has 1 aliphatic rings. The van der Waals surface area contributed by atoms with Gasteiger partial charge in [-0.2, -0.15) is 0 Å². The Morgan fingerprint density at radius 3 is 2.67 bits per heavy atom. The van der Waals surface area contributed by atoms with Crippen molar-refractivity contribution in [3.05, 3.63) is 41.5 Å². The molecule has 76 valence electrons. The lowest BCUT2D eigenvalue weighted by atomic mass is 10.0. The third-order valence-corrected chi connectivity index (χ3v) is 2.40. The molecule has 0 saturated carbocycles. The first kappa shape index (κ1) is 9.65. The molecule has 0 radical (unpaired) electrons. The highest BCUT2D eigenvalue weighted by Gasteiger charge is 2.21. The summed E-state index contributed by atoms with van der Waals surface area (Å²) in [5, 5.41) is 2.23. The maximum atomic E-state index is 11.4. The van der Waals surface area contributed by atoms with Crippen molar-refractivity contribution in [3.8, 4) is 0 Å². The number of carbonyl (C=O) groups excluding carboxylic acids is 2. The molecular weight excluding hydrogens is 190 g/mol. The molecule has 0 aromatic heterocycles. The second kappa shape index (κ2) is 3.69. The fourth-order valence-corrected chi connectivity index (χ4v) is 1.59. The SMILES string of the molecule is CCc1cccc(C2=CC(=O)NC2=O)c1. The van der Waals surface area contributed by atoms with Crippen molar-refractivity contribution in [1.82, 2.24) is 5.32 Å². The number of imide groups is 1. The van der Waals surface area contributed by atoms with E-state index < -0.39 is 0 Å². The van der Waals surface area contributed by atoms with E-state index in [4.69, 9.17) is 0 Å². The molecule has 2 rings (SSSR count). The van der Waals surface area contributed by atoms with E-state index in [0.29, 0.717) is 5.57 Å². The average molecular weight is 201 g/mol. The van der Waals surface area contributed by atoms with E-state index >= 15 is 0 Å². The highest BCUT2D eigenvalue weighted by molar-refractivity contribution is 6.33. The van der Waals surface area contributed by atoms with Gasteiger partial charge in [-0.05, 0) is 17.5 Å². The zero-order chi connectivity index (χ0) is 10.8. The first-order valence-corrected chi connectivity index (χ1v) is 4.87. The van der Waals surface area contributed by atoms with Crippen molar-refractivity contribution < 1.29 is 9.59 Å². The summed E-state index contributed by atoms with van der Waals surface area (Å²) in [6.07, 6.45) is 2.26. The smallest absolute Gasteiger partial charge is 0.258 e. The number of carbonyl (C=O) groups is 2. The van der Waals surface area contributed by atoms with Crippen LogP contribution in [0.4, 0.5) is 0 Å². The highest BCUT2D eigenvalue weighted by Crippen LogP contribution is 2.19. The summed E-state index contributed by atoms with van der Waals surface area (Å²) < 4.78 is 0. The van der Waals surface area contributed by atoms with Crippen LogP contribution in [0.2, 0.25) is 0 Å². The lowest BCUT2D eigenvalue weighted by molar-refractivity contribution is -0.123. The van der Waals surface area contributed by atoms with Gasteiger partial charge in [-0.15, -0.1) is 0 Å². The van der Waals surface area contributed by atoms with Gasteiger partial charge in [-0.3, -0.25) is 14.9 Å². The van der Waals surface area contributed by atoms with E-state index in [1.807, 2.05) is 31.2 Å². The standard InChI is InChI=1S/C12H11NO2/c1-2-8-4-3-5-9(6-8)10-7-11(14)13-12(10)15/h3-7H,2H2,1H3,(H,13,14,15). The summed E-state index contributed by atoms with van der Waals surface area (Å²) in [6.45, 7) is 2.05.